The van der Waals surface area contributed by atoms with Crippen LogP contribution in [0.25, 0.3) is 10.8 Å². The lowest BCUT2D eigenvalue weighted by Crippen LogP contribution is -2.14. The quantitative estimate of drug-likeness (QED) is 0.461. The molecular weight excluding hydrogens is 416 g/mol. The van der Waals surface area contributed by atoms with E-state index in [0.717, 1.165) is 0 Å². The van der Waals surface area contributed by atoms with Crippen LogP contribution in [0.3, 0.4) is 0 Å². The van der Waals surface area contributed by atoms with Crippen molar-refractivity contribution in [2.75, 3.05) is 0 Å². The molecule has 166 valence electrons. The molecule has 0 aliphatic heterocycles. The topological polar surface area (TPSA) is 149 Å². The molecule has 3 aromatic rings. The SMILES string of the molecule is CC(C)(C)c1cc(C(=O)O)cc(C(=O)O)c1.O=C(O)c1ccc2ccccc2c1C(=O)O. The number of rotatable bonds is 4. The molecule has 0 unspecified atom stereocenters. The van der Waals surface area contributed by atoms with Crippen LogP contribution in [-0.4, -0.2) is 44.3 Å². The summed E-state index contributed by atoms with van der Waals surface area (Å²) in [4.78, 5) is 43.7. The number of hydrogen-bond donors (Lipinski definition) is 4. The molecule has 8 nitrogen and oxygen atoms in total. The molecule has 0 radical (unpaired) electrons. The Balaban J connectivity index is 0.000000227. The van der Waals surface area contributed by atoms with Gasteiger partial charge >= 0.3 is 23.9 Å². The second-order valence-electron chi connectivity index (χ2n) is 7.98. The molecule has 0 atom stereocenters. The number of benzene rings is 3. The normalized spacial score (nSPS) is 10.7. The molecule has 0 saturated carbocycles. The van der Waals surface area contributed by atoms with Crippen molar-refractivity contribution in [2.24, 2.45) is 0 Å². The van der Waals surface area contributed by atoms with E-state index in [2.05, 4.69) is 0 Å². The molecule has 0 saturated heterocycles. The van der Waals surface area contributed by atoms with E-state index in [1.807, 2.05) is 20.8 Å². The van der Waals surface area contributed by atoms with Crippen LogP contribution in [0.4, 0.5) is 0 Å². The molecule has 0 spiro atoms. The largest absolute Gasteiger partial charge is 0.478 e. The second kappa shape index (κ2) is 9.30. The van der Waals surface area contributed by atoms with E-state index in [0.29, 0.717) is 16.3 Å². The van der Waals surface area contributed by atoms with Crippen molar-refractivity contribution in [3.63, 3.8) is 0 Å². The highest BCUT2D eigenvalue weighted by Gasteiger charge is 2.20. The first-order valence-electron chi connectivity index (χ1n) is 9.43. The first-order chi connectivity index (χ1) is 14.8. The molecule has 0 aliphatic carbocycles. The monoisotopic (exact) mass is 438 g/mol. The lowest BCUT2D eigenvalue weighted by atomic mass is 9.85. The van der Waals surface area contributed by atoms with Gasteiger partial charge in [0.2, 0.25) is 0 Å². The lowest BCUT2D eigenvalue weighted by Gasteiger charge is -2.20. The van der Waals surface area contributed by atoms with Crippen LogP contribution in [0.15, 0.2) is 54.6 Å². The number of carbonyl (C=O) groups is 4. The van der Waals surface area contributed by atoms with Gasteiger partial charge in [-0.1, -0.05) is 51.1 Å². The third-order valence-corrected chi connectivity index (χ3v) is 4.67. The summed E-state index contributed by atoms with van der Waals surface area (Å²) in [5.41, 5.74) is 0.0756. The summed E-state index contributed by atoms with van der Waals surface area (Å²) in [5.74, 6) is -4.69. The van der Waals surface area contributed by atoms with Crippen molar-refractivity contribution in [2.45, 2.75) is 26.2 Å². The van der Waals surface area contributed by atoms with Gasteiger partial charge in [-0.05, 0) is 46.0 Å². The molecule has 3 aromatic carbocycles. The van der Waals surface area contributed by atoms with Gasteiger partial charge in [0, 0.05) is 0 Å². The van der Waals surface area contributed by atoms with Crippen molar-refractivity contribution >= 4 is 34.6 Å². The van der Waals surface area contributed by atoms with Crippen molar-refractivity contribution in [3.8, 4) is 0 Å². The number of aromatic carboxylic acids is 4. The third kappa shape index (κ3) is 5.48. The fraction of sp³-hybridized carbons (Fsp3) is 0.167. The van der Waals surface area contributed by atoms with Gasteiger partial charge in [-0.2, -0.15) is 0 Å². The van der Waals surface area contributed by atoms with Crippen molar-refractivity contribution in [1.29, 1.82) is 0 Å². The Labute approximate surface area is 183 Å². The Morgan fingerprint density at radius 3 is 1.62 bits per heavy atom. The highest BCUT2D eigenvalue weighted by molar-refractivity contribution is 6.11. The standard InChI is InChI=1S/C12H8O4.C12H14O4/c13-11(14)9-6-5-7-3-1-2-4-8(7)10(9)12(15)16;1-12(2,3)9-5-7(10(13)14)4-8(6-9)11(15)16/h1-6H,(H,13,14)(H,15,16);4-6H,1-3H3,(H,13,14)(H,15,16). The molecule has 0 amide bonds. The summed E-state index contributed by atoms with van der Waals surface area (Å²) in [6.07, 6.45) is 0. The van der Waals surface area contributed by atoms with Crippen molar-refractivity contribution < 1.29 is 39.6 Å². The van der Waals surface area contributed by atoms with Crippen LogP contribution in [-0.2, 0) is 5.41 Å². The van der Waals surface area contributed by atoms with Gasteiger partial charge in [-0.3, -0.25) is 0 Å². The van der Waals surface area contributed by atoms with Gasteiger partial charge < -0.3 is 20.4 Å². The predicted molar refractivity (Wildman–Crippen MR) is 117 cm³/mol. The van der Waals surface area contributed by atoms with E-state index in [4.69, 9.17) is 20.4 Å². The maximum atomic E-state index is 11.1. The minimum absolute atomic E-state index is 0.00447. The van der Waals surface area contributed by atoms with Gasteiger partial charge in [-0.25, -0.2) is 19.2 Å². The molecule has 0 aromatic heterocycles. The predicted octanol–water partition coefficient (Wildman–Crippen LogP) is 4.62. The Morgan fingerprint density at radius 1 is 0.656 bits per heavy atom. The van der Waals surface area contributed by atoms with Crippen molar-refractivity contribution in [3.05, 3.63) is 82.4 Å². The minimum atomic E-state index is -1.23. The Bertz CT molecular complexity index is 1190. The summed E-state index contributed by atoms with van der Waals surface area (Å²) < 4.78 is 0. The highest BCUT2D eigenvalue weighted by Crippen LogP contribution is 2.25. The average Bonchev–Trinajstić information content (AvgIpc) is 2.72. The molecule has 0 heterocycles. The summed E-state index contributed by atoms with van der Waals surface area (Å²) >= 11 is 0. The molecule has 3 rings (SSSR count). The molecule has 0 aliphatic rings. The second-order valence-corrected chi connectivity index (χ2v) is 7.98. The maximum Gasteiger partial charge on any atom is 0.337 e. The molecule has 0 fully saturated rings. The highest BCUT2D eigenvalue weighted by atomic mass is 16.4. The van der Waals surface area contributed by atoms with Crippen LogP contribution < -0.4 is 0 Å². The van der Waals surface area contributed by atoms with Gasteiger partial charge in [-0.15, -0.1) is 0 Å². The first kappa shape index (κ1) is 24.1. The molecule has 4 N–H and O–H groups in total. The number of carboxylic acids is 4. The van der Waals surface area contributed by atoms with E-state index in [9.17, 15) is 19.2 Å². The third-order valence-electron chi connectivity index (χ3n) is 4.67. The lowest BCUT2D eigenvalue weighted by molar-refractivity contribution is 0.0653. The fourth-order valence-corrected chi connectivity index (χ4v) is 2.99. The van der Waals surface area contributed by atoms with E-state index < -0.39 is 23.9 Å². The Hall–Kier alpha value is -4.20. The number of fused-ring (bicyclic) bond motifs is 1. The molecule has 32 heavy (non-hydrogen) atoms. The molecular formula is C24H22O8. The summed E-state index contributed by atoms with van der Waals surface area (Å²) in [7, 11) is 0. The van der Waals surface area contributed by atoms with E-state index >= 15 is 0 Å². The zero-order valence-corrected chi connectivity index (χ0v) is 17.6. The van der Waals surface area contributed by atoms with Gasteiger partial charge in [0.1, 0.15) is 0 Å². The van der Waals surface area contributed by atoms with Crippen LogP contribution in [0, 0.1) is 0 Å². The van der Waals surface area contributed by atoms with Crippen LogP contribution >= 0.6 is 0 Å². The van der Waals surface area contributed by atoms with Gasteiger partial charge in [0.25, 0.3) is 0 Å². The Kier molecular flexibility index (Phi) is 7.00. The summed E-state index contributed by atoms with van der Waals surface area (Å²) in [5, 5.41) is 36.9. The van der Waals surface area contributed by atoms with Crippen LogP contribution in [0.2, 0.25) is 0 Å². The van der Waals surface area contributed by atoms with Gasteiger partial charge in [0.15, 0.2) is 0 Å². The average molecular weight is 438 g/mol. The first-order valence-corrected chi connectivity index (χ1v) is 9.43. The van der Waals surface area contributed by atoms with Crippen LogP contribution in [0.5, 0.6) is 0 Å². The zero-order valence-electron chi connectivity index (χ0n) is 17.6. The number of hydrogen-bond acceptors (Lipinski definition) is 4. The molecule has 8 heteroatoms. The van der Waals surface area contributed by atoms with E-state index in [1.165, 1.54) is 24.3 Å². The minimum Gasteiger partial charge on any atom is -0.478 e. The van der Waals surface area contributed by atoms with Gasteiger partial charge in [0.05, 0.1) is 22.3 Å². The smallest absolute Gasteiger partial charge is 0.337 e. The van der Waals surface area contributed by atoms with Crippen molar-refractivity contribution in [1.82, 2.24) is 0 Å². The number of carboxylic acid groups (broad SMARTS) is 4. The summed E-state index contributed by atoms with van der Waals surface area (Å²) in [6, 6.07) is 13.9. The maximum absolute atomic E-state index is 11.1. The summed E-state index contributed by atoms with van der Waals surface area (Å²) in [6.45, 7) is 5.71. The van der Waals surface area contributed by atoms with E-state index in [-0.39, 0.29) is 27.7 Å². The zero-order chi connectivity index (χ0) is 24.2. The Morgan fingerprint density at radius 2 is 1.19 bits per heavy atom. The molecule has 0 bridgehead atoms. The van der Waals surface area contributed by atoms with E-state index in [1.54, 1.807) is 30.3 Å². The van der Waals surface area contributed by atoms with Crippen LogP contribution in [0.1, 0.15) is 67.8 Å². The fourth-order valence-electron chi connectivity index (χ4n) is 2.99.